The smallest absolute Gasteiger partial charge is 0.0890 e. The first kappa shape index (κ1) is 23.1. The zero-order chi connectivity index (χ0) is 27.4. The van der Waals surface area contributed by atoms with Crippen LogP contribution in [0.3, 0.4) is 0 Å². The third-order valence-corrected chi connectivity index (χ3v) is 12.3. The molecular weight excluding hydrogens is 567 g/mol. The van der Waals surface area contributed by atoms with E-state index < -0.39 is 0 Å². The van der Waals surface area contributed by atoms with Crippen LogP contribution in [0, 0.1) is 0 Å². The summed E-state index contributed by atoms with van der Waals surface area (Å²) in [6, 6.07) is 47.2. The third-order valence-electron chi connectivity index (χ3n) is 8.64. The van der Waals surface area contributed by atoms with Crippen LogP contribution in [-0.2, 0) is 0 Å². The minimum Gasteiger partial charge on any atom is -0.309 e. The van der Waals surface area contributed by atoms with Crippen molar-refractivity contribution in [3.05, 3.63) is 127 Å². The van der Waals surface area contributed by atoms with Gasteiger partial charge in [0.05, 0.1) is 15.0 Å². The van der Waals surface area contributed by atoms with E-state index in [0.717, 1.165) is 0 Å². The van der Waals surface area contributed by atoms with Crippen molar-refractivity contribution in [1.29, 1.82) is 0 Å². The molecule has 6 aromatic carbocycles. The maximum atomic E-state index is 2.43. The minimum atomic E-state index is 1.21. The Kier molecular flexibility index (Phi) is 4.69. The van der Waals surface area contributed by atoms with Gasteiger partial charge in [-0.05, 0) is 59.7 Å². The molecule has 0 aliphatic heterocycles. The molecule has 0 fully saturated rings. The van der Waals surface area contributed by atoms with E-state index in [-0.39, 0.29) is 0 Å². The lowest BCUT2D eigenvalue weighted by atomic mass is 10.0. The van der Waals surface area contributed by atoms with Crippen molar-refractivity contribution in [3.8, 4) is 16.8 Å². The molecule has 0 unspecified atom stereocenters. The zero-order valence-corrected chi connectivity index (χ0v) is 24.7. The van der Waals surface area contributed by atoms with Crippen LogP contribution in [0.4, 0.5) is 0 Å². The largest absolute Gasteiger partial charge is 0.309 e. The van der Waals surface area contributed by atoms with Gasteiger partial charge in [0.25, 0.3) is 0 Å². The van der Waals surface area contributed by atoms with Crippen molar-refractivity contribution in [2.75, 3.05) is 0 Å². The Labute approximate surface area is 253 Å². The van der Waals surface area contributed by atoms with Crippen molar-refractivity contribution in [2.24, 2.45) is 0 Å². The van der Waals surface area contributed by atoms with Gasteiger partial charge in [-0.25, -0.2) is 0 Å². The van der Waals surface area contributed by atoms with Gasteiger partial charge < -0.3 is 4.57 Å². The molecule has 0 radical (unpaired) electrons. The summed E-state index contributed by atoms with van der Waals surface area (Å²) >= 11 is 5.74. The Morgan fingerprint density at radius 1 is 0.429 bits per heavy atom. The number of benzene rings is 6. The Balaban J connectivity index is 1.20. The van der Waals surface area contributed by atoms with Gasteiger partial charge in [0.2, 0.25) is 0 Å². The Morgan fingerprint density at radius 3 is 1.88 bits per heavy atom. The molecule has 0 amide bonds. The van der Waals surface area contributed by atoms with E-state index in [1.807, 2.05) is 34.0 Å². The molecule has 0 bridgehead atoms. The maximum absolute atomic E-state index is 2.43. The van der Waals surface area contributed by atoms with Gasteiger partial charge in [0.15, 0.2) is 0 Å². The van der Waals surface area contributed by atoms with Crippen LogP contribution in [0.1, 0.15) is 0 Å². The number of aromatic nitrogens is 1. The van der Waals surface area contributed by atoms with Gasteiger partial charge in [-0.1, -0.05) is 78.9 Å². The molecule has 10 rings (SSSR count). The number of hydrogen-bond acceptors (Lipinski definition) is 3. The molecular formula is C38H21NS3. The van der Waals surface area contributed by atoms with E-state index in [0.29, 0.717) is 0 Å². The molecule has 4 heterocycles. The molecule has 0 saturated carbocycles. The normalized spacial score (nSPS) is 12.3. The number of hydrogen-bond donors (Lipinski definition) is 0. The van der Waals surface area contributed by atoms with E-state index in [1.54, 1.807) is 0 Å². The van der Waals surface area contributed by atoms with E-state index >= 15 is 0 Å². The third kappa shape index (κ3) is 3.12. The molecule has 0 aliphatic carbocycles. The summed E-state index contributed by atoms with van der Waals surface area (Å²) in [4.78, 5) is 0. The molecule has 0 saturated heterocycles. The number of nitrogens with zero attached hydrogens (tertiary/aromatic N) is 1. The highest BCUT2D eigenvalue weighted by atomic mass is 32.2. The molecule has 196 valence electrons. The van der Waals surface area contributed by atoms with E-state index in [2.05, 4.69) is 132 Å². The molecule has 0 spiro atoms. The van der Waals surface area contributed by atoms with Crippen molar-refractivity contribution < 1.29 is 0 Å². The minimum absolute atomic E-state index is 1.21. The van der Waals surface area contributed by atoms with Crippen LogP contribution in [0.15, 0.2) is 127 Å². The van der Waals surface area contributed by atoms with Crippen LogP contribution >= 0.6 is 34.0 Å². The monoisotopic (exact) mass is 587 g/mol. The van der Waals surface area contributed by atoms with Gasteiger partial charge in [-0.3, -0.25) is 0 Å². The molecule has 10 aromatic rings. The standard InChI is InChI=1S/C38H21NS3/c1-4-13-31-25(8-1)26-9-2-5-14-32(26)39(31)23-17-19-34-29(21-23)27-12-7-11-24(37(27)40-34)22-16-18-35-30(20-22)36-28-10-3-6-15-33(28)41-38(36)42-35/h1-21H. The fraction of sp³-hybridized carbons (Fsp3) is 0. The van der Waals surface area contributed by atoms with E-state index in [4.69, 9.17) is 0 Å². The van der Waals surface area contributed by atoms with Crippen LogP contribution < -0.4 is 0 Å². The number of para-hydroxylation sites is 2. The van der Waals surface area contributed by atoms with Gasteiger partial charge in [0, 0.05) is 62.2 Å². The fourth-order valence-electron chi connectivity index (χ4n) is 6.79. The highest BCUT2D eigenvalue weighted by molar-refractivity contribution is 7.44. The second-order valence-corrected chi connectivity index (χ2v) is 14.3. The first-order chi connectivity index (χ1) is 20.8. The zero-order valence-electron chi connectivity index (χ0n) is 22.3. The van der Waals surface area contributed by atoms with Crippen LogP contribution in [0.25, 0.3) is 88.4 Å². The lowest BCUT2D eigenvalue weighted by Gasteiger charge is -2.08. The second-order valence-electron chi connectivity index (χ2n) is 10.9. The fourth-order valence-corrected chi connectivity index (χ4v) is 10.6. The summed E-state index contributed by atoms with van der Waals surface area (Å²) in [5.41, 5.74) is 6.30. The summed E-state index contributed by atoms with van der Waals surface area (Å²) in [7, 11) is 0. The Morgan fingerprint density at radius 2 is 1.07 bits per heavy atom. The Bertz CT molecular complexity index is 2640. The highest BCUT2D eigenvalue weighted by Gasteiger charge is 2.17. The van der Waals surface area contributed by atoms with Gasteiger partial charge in [0.1, 0.15) is 0 Å². The summed E-state index contributed by atoms with van der Waals surface area (Å²) in [5, 5.41) is 9.39. The first-order valence-electron chi connectivity index (χ1n) is 14.1. The Hall–Kier alpha value is -4.48. The topological polar surface area (TPSA) is 4.93 Å². The molecule has 4 heteroatoms. The first-order valence-corrected chi connectivity index (χ1v) is 16.5. The molecule has 4 aromatic heterocycles. The van der Waals surface area contributed by atoms with Crippen molar-refractivity contribution in [1.82, 2.24) is 4.57 Å². The summed E-state index contributed by atoms with van der Waals surface area (Å²) in [6.07, 6.45) is 0. The van der Waals surface area contributed by atoms with Gasteiger partial charge in [-0.15, -0.1) is 34.0 Å². The van der Waals surface area contributed by atoms with Gasteiger partial charge in [-0.2, -0.15) is 0 Å². The average molecular weight is 588 g/mol. The van der Waals surface area contributed by atoms with Crippen LogP contribution in [0.5, 0.6) is 0 Å². The summed E-state index contributed by atoms with van der Waals surface area (Å²) in [6.45, 7) is 0. The predicted octanol–water partition coefficient (Wildman–Crippen LogP) is 12.4. The molecule has 0 atom stereocenters. The van der Waals surface area contributed by atoms with Crippen molar-refractivity contribution in [2.45, 2.75) is 0 Å². The number of fused-ring (bicyclic) bond motifs is 11. The summed E-state index contributed by atoms with van der Waals surface area (Å²) in [5.74, 6) is 0. The van der Waals surface area contributed by atoms with Crippen LogP contribution in [0.2, 0.25) is 0 Å². The molecule has 0 aliphatic rings. The SMILES string of the molecule is c1ccc2c(c1)sc1sc3ccc(-c4cccc5c4sc4ccc(-n6c7ccccc7c7ccccc76)cc45)cc3c12. The summed E-state index contributed by atoms with van der Waals surface area (Å²) < 4.78 is 9.25. The number of thiophene rings is 3. The second kappa shape index (κ2) is 8.52. The lowest BCUT2D eigenvalue weighted by Crippen LogP contribution is -1.93. The van der Waals surface area contributed by atoms with Crippen LogP contribution in [-0.4, -0.2) is 4.57 Å². The molecule has 42 heavy (non-hydrogen) atoms. The van der Waals surface area contributed by atoms with E-state index in [9.17, 15) is 0 Å². The quantitative estimate of drug-likeness (QED) is 0.190. The highest BCUT2D eigenvalue weighted by Crippen LogP contribution is 2.47. The van der Waals surface area contributed by atoms with Crippen molar-refractivity contribution in [3.63, 3.8) is 0 Å². The number of rotatable bonds is 2. The van der Waals surface area contributed by atoms with E-state index in [1.165, 1.54) is 88.4 Å². The predicted molar refractivity (Wildman–Crippen MR) is 187 cm³/mol. The lowest BCUT2D eigenvalue weighted by molar-refractivity contribution is 1.19. The average Bonchev–Trinajstić information content (AvgIpc) is 3.78. The molecule has 0 N–H and O–H groups in total. The maximum Gasteiger partial charge on any atom is 0.0890 e. The van der Waals surface area contributed by atoms with Gasteiger partial charge >= 0.3 is 0 Å². The van der Waals surface area contributed by atoms with Crippen molar-refractivity contribution >= 4 is 106 Å². The molecule has 1 nitrogen and oxygen atoms in total.